The lowest BCUT2D eigenvalue weighted by Gasteiger charge is -2.14. The molecule has 0 spiro atoms. The molecule has 4 aromatic carbocycles. The summed E-state index contributed by atoms with van der Waals surface area (Å²) in [6.45, 7) is 7.20. The summed E-state index contributed by atoms with van der Waals surface area (Å²) in [6, 6.07) is 22.6. The molecule has 0 bridgehead atoms. The third-order valence-corrected chi connectivity index (χ3v) is 8.97. The van der Waals surface area contributed by atoms with Crippen molar-refractivity contribution in [3.8, 4) is 0 Å². The molecule has 202 valence electrons. The van der Waals surface area contributed by atoms with E-state index in [9.17, 15) is 21.6 Å². The van der Waals surface area contributed by atoms with E-state index in [1.807, 2.05) is 39.0 Å². The molecule has 4 rings (SSSR count). The van der Waals surface area contributed by atoms with Crippen molar-refractivity contribution < 1.29 is 21.6 Å². The van der Waals surface area contributed by atoms with E-state index >= 15 is 0 Å². The minimum absolute atomic E-state index is 0.0141. The Morgan fingerprint density at radius 3 is 1.97 bits per heavy atom. The molecule has 0 aliphatic carbocycles. The summed E-state index contributed by atoms with van der Waals surface area (Å²) >= 11 is 0. The number of hydrogen-bond acceptors (Lipinski definition) is 5. The van der Waals surface area contributed by atoms with Crippen molar-refractivity contribution in [1.29, 1.82) is 0 Å². The first-order chi connectivity index (χ1) is 18.3. The number of carbonyl (C=O) groups excluding carboxylic acids is 1. The molecule has 39 heavy (non-hydrogen) atoms. The van der Waals surface area contributed by atoms with Gasteiger partial charge in [0.15, 0.2) is 0 Å². The molecule has 1 amide bonds. The Kier molecular flexibility index (Phi) is 7.80. The first-order valence-electron chi connectivity index (χ1n) is 12.1. The number of carbonyl (C=O) groups is 1. The Morgan fingerprint density at radius 1 is 0.615 bits per heavy atom. The summed E-state index contributed by atoms with van der Waals surface area (Å²) < 4.78 is 57.0. The molecule has 0 atom stereocenters. The number of rotatable bonds is 8. The fourth-order valence-corrected chi connectivity index (χ4v) is 6.36. The van der Waals surface area contributed by atoms with Gasteiger partial charge in [-0.05, 0) is 105 Å². The Morgan fingerprint density at radius 2 is 1.28 bits per heavy atom. The van der Waals surface area contributed by atoms with Crippen LogP contribution in [0.5, 0.6) is 0 Å². The van der Waals surface area contributed by atoms with Gasteiger partial charge in [-0.25, -0.2) is 16.8 Å². The second-order valence-electron chi connectivity index (χ2n) is 9.36. The van der Waals surface area contributed by atoms with Gasteiger partial charge in [-0.2, -0.15) is 0 Å². The van der Waals surface area contributed by atoms with Crippen LogP contribution < -0.4 is 14.8 Å². The van der Waals surface area contributed by atoms with Crippen molar-refractivity contribution in [3.63, 3.8) is 0 Å². The summed E-state index contributed by atoms with van der Waals surface area (Å²) in [5, 5.41) is 2.69. The highest BCUT2D eigenvalue weighted by molar-refractivity contribution is 7.93. The molecule has 0 fully saturated rings. The number of benzene rings is 4. The summed E-state index contributed by atoms with van der Waals surface area (Å²) in [6.07, 6.45) is 0. The monoisotopic (exact) mass is 563 g/mol. The van der Waals surface area contributed by atoms with Crippen molar-refractivity contribution >= 4 is 43.0 Å². The van der Waals surface area contributed by atoms with Gasteiger partial charge in [0, 0.05) is 16.9 Å². The van der Waals surface area contributed by atoms with Crippen LogP contribution in [0, 0.1) is 27.7 Å². The van der Waals surface area contributed by atoms with Gasteiger partial charge in [0.2, 0.25) is 0 Å². The third-order valence-electron chi connectivity index (χ3n) is 6.07. The molecule has 0 saturated heterocycles. The Labute approximate surface area is 229 Å². The van der Waals surface area contributed by atoms with E-state index < -0.39 is 26.0 Å². The SMILES string of the molecule is Cc1cccc(NS(=O)(=O)c2ccc(NC(=O)c3ccc(C)c(S(=O)(=O)Nc4cc(C)ccc4C)c3)cc2)c1. The lowest BCUT2D eigenvalue weighted by molar-refractivity contribution is 0.102. The Balaban J connectivity index is 1.51. The molecule has 0 aliphatic heterocycles. The molecule has 0 saturated carbocycles. The van der Waals surface area contributed by atoms with Gasteiger partial charge < -0.3 is 5.32 Å². The van der Waals surface area contributed by atoms with Gasteiger partial charge in [-0.3, -0.25) is 14.2 Å². The van der Waals surface area contributed by atoms with Crippen LogP contribution in [0.4, 0.5) is 17.1 Å². The molecular weight excluding hydrogens is 534 g/mol. The summed E-state index contributed by atoms with van der Waals surface area (Å²) in [5.74, 6) is -0.535. The van der Waals surface area contributed by atoms with Crippen molar-refractivity contribution in [3.05, 3.63) is 113 Å². The van der Waals surface area contributed by atoms with E-state index in [4.69, 9.17) is 0 Å². The van der Waals surface area contributed by atoms with E-state index in [0.717, 1.165) is 16.7 Å². The molecule has 0 heterocycles. The van der Waals surface area contributed by atoms with E-state index in [2.05, 4.69) is 14.8 Å². The Bertz CT molecular complexity index is 1770. The largest absolute Gasteiger partial charge is 0.322 e. The minimum Gasteiger partial charge on any atom is -0.322 e. The third kappa shape index (κ3) is 6.65. The lowest BCUT2D eigenvalue weighted by Crippen LogP contribution is -2.18. The van der Waals surface area contributed by atoms with Crippen LogP contribution in [0.2, 0.25) is 0 Å². The van der Waals surface area contributed by atoms with E-state index in [-0.39, 0.29) is 15.4 Å². The molecule has 4 aromatic rings. The highest BCUT2D eigenvalue weighted by Gasteiger charge is 2.21. The first-order valence-corrected chi connectivity index (χ1v) is 15.0. The molecule has 0 aliphatic rings. The lowest BCUT2D eigenvalue weighted by atomic mass is 10.1. The topological polar surface area (TPSA) is 121 Å². The van der Waals surface area contributed by atoms with Crippen molar-refractivity contribution in [1.82, 2.24) is 0 Å². The first kappa shape index (κ1) is 27.9. The van der Waals surface area contributed by atoms with Crippen LogP contribution in [0.3, 0.4) is 0 Å². The van der Waals surface area contributed by atoms with E-state index in [1.54, 1.807) is 37.3 Å². The standard InChI is InChI=1S/C29H29N3O5S2/c1-19-6-5-7-25(16-19)31-38(34,35)26-14-12-24(13-15-26)30-29(33)23-11-10-22(4)28(18-23)39(36,37)32-27-17-20(2)8-9-21(27)3/h5-18,31-32H,1-4H3,(H,30,33). The van der Waals surface area contributed by atoms with Crippen LogP contribution in [-0.4, -0.2) is 22.7 Å². The maximum Gasteiger partial charge on any atom is 0.262 e. The molecule has 0 radical (unpaired) electrons. The smallest absolute Gasteiger partial charge is 0.262 e. The number of aryl methyl sites for hydroxylation is 4. The highest BCUT2D eigenvalue weighted by atomic mass is 32.2. The zero-order valence-electron chi connectivity index (χ0n) is 21.9. The number of nitrogens with one attached hydrogen (secondary N) is 3. The molecule has 0 aromatic heterocycles. The van der Waals surface area contributed by atoms with Crippen molar-refractivity contribution in [2.45, 2.75) is 37.5 Å². The number of anilines is 3. The van der Waals surface area contributed by atoms with Crippen LogP contribution in [0.1, 0.15) is 32.6 Å². The summed E-state index contributed by atoms with van der Waals surface area (Å²) in [5.41, 5.74) is 4.50. The zero-order valence-corrected chi connectivity index (χ0v) is 23.6. The van der Waals surface area contributed by atoms with Crippen LogP contribution >= 0.6 is 0 Å². The van der Waals surface area contributed by atoms with E-state index in [1.165, 1.54) is 36.4 Å². The zero-order chi connectivity index (χ0) is 28.4. The average Bonchev–Trinajstić information content (AvgIpc) is 2.86. The van der Waals surface area contributed by atoms with Gasteiger partial charge >= 0.3 is 0 Å². The maximum atomic E-state index is 13.2. The van der Waals surface area contributed by atoms with Gasteiger partial charge in [0.1, 0.15) is 0 Å². The molecule has 8 nitrogen and oxygen atoms in total. The maximum absolute atomic E-state index is 13.2. The molecule has 0 unspecified atom stereocenters. The second-order valence-corrected chi connectivity index (χ2v) is 12.7. The predicted octanol–water partition coefficient (Wildman–Crippen LogP) is 5.77. The van der Waals surface area contributed by atoms with Crippen LogP contribution in [0.15, 0.2) is 94.7 Å². The van der Waals surface area contributed by atoms with Gasteiger partial charge in [0.25, 0.3) is 26.0 Å². The van der Waals surface area contributed by atoms with Gasteiger partial charge in [-0.15, -0.1) is 0 Å². The predicted molar refractivity (Wildman–Crippen MR) is 154 cm³/mol. The number of amides is 1. The van der Waals surface area contributed by atoms with Gasteiger partial charge in [0.05, 0.1) is 15.5 Å². The normalized spacial score (nSPS) is 11.6. The molecule has 10 heteroatoms. The number of hydrogen-bond donors (Lipinski definition) is 3. The fraction of sp³-hybridized carbons (Fsp3) is 0.138. The highest BCUT2D eigenvalue weighted by Crippen LogP contribution is 2.25. The van der Waals surface area contributed by atoms with Crippen molar-refractivity contribution in [2.75, 3.05) is 14.8 Å². The summed E-state index contributed by atoms with van der Waals surface area (Å²) in [7, 11) is -7.79. The Hall–Kier alpha value is -4.15. The van der Waals surface area contributed by atoms with Gasteiger partial charge in [-0.1, -0.05) is 30.3 Å². The average molecular weight is 564 g/mol. The second kappa shape index (κ2) is 10.9. The van der Waals surface area contributed by atoms with E-state index in [0.29, 0.717) is 22.6 Å². The molecule has 3 N–H and O–H groups in total. The van der Waals surface area contributed by atoms with Crippen LogP contribution in [0.25, 0.3) is 0 Å². The molecular formula is C29H29N3O5S2. The quantitative estimate of drug-likeness (QED) is 0.251. The number of sulfonamides is 2. The fourth-order valence-electron chi connectivity index (χ4n) is 3.92. The summed E-state index contributed by atoms with van der Waals surface area (Å²) in [4.78, 5) is 13.0. The van der Waals surface area contributed by atoms with Crippen molar-refractivity contribution in [2.24, 2.45) is 0 Å². The minimum atomic E-state index is -3.97. The van der Waals surface area contributed by atoms with Crippen LogP contribution in [-0.2, 0) is 20.0 Å².